The average molecular weight is 364 g/mol. The number of hydrogen-bond donors (Lipinski definition) is 1. The molecule has 7 nitrogen and oxygen atoms in total. The van der Waals surface area contributed by atoms with Crippen LogP contribution in [0.4, 0.5) is 0 Å². The van der Waals surface area contributed by atoms with Crippen LogP contribution in [0, 0.1) is 0 Å². The predicted molar refractivity (Wildman–Crippen MR) is 95.5 cm³/mol. The van der Waals surface area contributed by atoms with E-state index in [4.69, 9.17) is 4.74 Å². The lowest BCUT2D eigenvalue weighted by molar-refractivity contribution is 0.339. The van der Waals surface area contributed by atoms with Crippen LogP contribution >= 0.6 is 0 Å². The van der Waals surface area contributed by atoms with Crippen LogP contribution in [0.3, 0.4) is 0 Å². The summed E-state index contributed by atoms with van der Waals surface area (Å²) in [5, 5.41) is 0. The first-order chi connectivity index (χ1) is 12.0. The first kappa shape index (κ1) is 17.9. The second-order valence-electron chi connectivity index (χ2n) is 6.19. The fraction of sp³-hybridized carbons (Fsp3) is 0.471. The van der Waals surface area contributed by atoms with Crippen molar-refractivity contribution in [2.24, 2.45) is 7.05 Å². The van der Waals surface area contributed by atoms with Crippen LogP contribution in [0.15, 0.2) is 36.7 Å². The highest BCUT2D eigenvalue weighted by molar-refractivity contribution is 7.87. The molecule has 2 heterocycles. The maximum Gasteiger partial charge on any atom is 0.280 e. The Labute approximate surface area is 148 Å². The fourth-order valence-corrected chi connectivity index (χ4v) is 4.48. The van der Waals surface area contributed by atoms with Crippen molar-refractivity contribution in [2.45, 2.75) is 25.3 Å². The van der Waals surface area contributed by atoms with Crippen molar-refractivity contribution >= 4 is 10.2 Å². The molecule has 1 fully saturated rings. The summed E-state index contributed by atoms with van der Waals surface area (Å²) in [7, 11) is -0.134. The molecule has 0 amide bonds. The molecule has 1 aromatic carbocycles. The Hall–Kier alpha value is -1.90. The largest absolute Gasteiger partial charge is 0.497 e. The first-order valence-corrected chi connectivity index (χ1v) is 9.84. The van der Waals surface area contributed by atoms with Crippen LogP contribution in [-0.4, -0.2) is 42.5 Å². The van der Waals surface area contributed by atoms with E-state index in [1.165, 1.54) is 4.31 Å². The Bertz CT molecular complexity index is 796. The molecule has 1 N–H and O–H groups in total. The smallest absolute Gasteiger partial charge is 0.280 e. The summed E-state index contributed by atoms with van der Waals surface area (Å²) in [6.07, 6.45) is 6.35. The Morgan fingerprint density at radius 3 is 2.40 bits per heavy atom. The van der Waals surface area contributed by atoms with Crippen molar-refractivity contribution in [1.82, 2.24) is 18.6 Å². The molecule has 1 aliphatic heterocycles. The molecular weight excluding hydrogens is 340 g/mol. The van der Waals surface area contributed by atoms with Gasteiger partial charge in [-0.15, -0.1) is 0 Å². The standard InChI is InChI=1S/C17H24N4O3S/c1-20-13-10-18-17(20)16(14-6-8-15(24-2)9-7-14)19-25(22,23)21-11-4-3-5-12-21/h6-10,13,16,19H,3-5,11-12H2,1-2H3. The van der Waals surface area contributed by atoms with E-state index >= 15 is 0 Å². The zero-order valence-electron chi connectivity index (χ0n) is 14.6. The fourth-order valence-electron chi connectivity index (χ4n) is 3.05. The van der Waals surface area contributed by atoms with Gasteiger partial charge in [-0.25, -0.2) is 4.98 Å². The zero-order chi connectivity index (χ0) is 17.9. The molecular formula is C17H24N4O3S. The predicted octanol–water partition coefficient (Wildman–Crippen LogP) is 1.84. The molecule has 3 rings (SSSR count). The van der Waals surface area contributed by atoms with Crippen molar-refractivity contribution < 1.29 is 13.2 Å². The lowest BCUT2D eigenvalue weighted by Gasteiger charge is -2.28. The summed E-state index contributed by atoms with van der Waals surface area (Å²) in [5.74, 6) is 1.37. The summed E-state index contributed by atoms with van der Waals surface area (Å²) in [6, 6.07) is 6.80. The third-order valence-electron chi connectivity index (χ3n) is 4.49. The van der Waals surface area contributed by atoms with E-state index in [1.54, 1.807) is 19.5 Å². The van der Waals surface area contributed by atoms with Crippen molar-refractivity contribution in [1.29, 1.82) is 0 Å². The molecule has 0 spiro atoms. The third kappa shape index (κ3) is 4.02. The third-order valence-corrected chi connectivity index (χ3v) is 6.07. The minimum Gasteiger partial charge on any atom is -0.497 e. The lowest BCUT2D eigenvalue weighted by atomic mass is 10.1. The van der Waals surface area contributed by atoms with Gasteiger partial charge in [0.1, 0.15) is 17.6 Å². The van der Waals surface area contributed by atoms with Crippen LogP contribution in [0.1, 0.15) is 36.7 Å². The Balaban J connectivity index is 1.92. The number of ether oxygens (including phenoxy) is 1. The highest BCUT2D eigenvalue weighted by Gasteiger charge is 2.29. The van der Waals surface area contributed by atoms with E-state index in [0.29, 0.717) is 18.9 Å². The summed E-state index contributed by atoms with van der Waals surface area (Å²) in [6.45, 7) is 1.12. The average Bonchev–Trinajstić information content (AvgIpc) is 3.06. The molecule has 25 heavy (non-hydrogen) atoms. The molecule has 1 unspecified atom stereocenters. The van der Waals surface area contributed by atoms with Gasteiger partial charge in [0.15, 0.2) is 0 Å². The first-order valence-electron chi connectivity index (χ1n) is 8.40. The molecule has 0 bridgehead atoms. The van der Waals surface area contributed by atoms with E-state index < -0.39 is 16.3 Å². The molecule has 1 aromatic heterocycles. The molecule has 1 saturated heterocycles. The Kier molecular flexibility index (Phi) is 5.41. The number of aromatic nitrogens is 2. The van der Waals surface area contributed by atoms with Crippen molar-refractivity contribution in [3.05, 3.63) is 48.0 Å². The van der Waals surface area contributed by atoms with Gasteiger partial charge in [0.2, 0.25) is 0 Å². The number of rotatable bonds is 6. The number of nitrogens with one attached hydrogen (secondary N) is 1. The zero-order valence-corrected chi connectivity index (χ0v) is 15.4. The van der Waals surface area contributed by atoms with Crippen molar-refractivity contribution in [3.63, 3.8) is 0 Å². The van der Waals surface area contributed by atoms with Gasteiger partial charge in [-0.1, -0.05) is 18.6 Å². The number of imidazole rings is 1. The number of hydrogen-bond acceptors (Lipinski definition) is 4. The minimum atomic E-state index is -3.59. The Morgan fingerprint density at radius 1 is 1.16 bits per heavy atom. The molecule has 0 saturated carbocycles. The normalized spacial score (nSPS) is 17.4. The maximum absolute atomic E-state index is 12.9. The van der Waals surface area contributed by atoms with E-state index in [2.05, 4.69) is 9.71 Å². The van der Waals surface area contributed by atoms with Crippen molar-refractivity contribution in [2.75, 3.05) is 20.2 Å². The van der Waals surface area contributed by atoms with Gasteiger partial charge >= 0.3 is 0 Å². The van der Waals surface area contributed by atoms with E-state index in [1.807, 2.05) is 35.9 Å². The van der Waals surface area contributed by atoms with Crippen LogP contribution in [0.2, 0.25) is 0 Å². The lowest BCUT2D eigenvalue weighted by Crippen LogP contribution is -2.45. The van der Waals surface area contributed by atoms with Crippen molar-refractivity contribution in [3.8, 4) is 5.75 Å². The molecule has 136 valence electrons. The summed E-state index contributed by atoms with van der Waals surface area (Å²) < 4.78 is 37.1. The molecule has 0 radical (unpaired) electrons. The molecule has 2 aromatic rings. The quantitative estimate of drug-likeness (QED) is 0.848. The number of methoxy groups -OCH3 is 1. The second kappa shape index (κ2) is 7.55. The van der Waals surface area contributed by atoms with E-state index in [0.717, 1.165) is 30.6 Å². The van der Waals surface area contributed by atoms with Gasteiger partial charge in [0, 0.05) is 32.5 Å². The summed E-state index contributed by atoms with van der Waals surface area (Å²) in [4.78, 5) is 4.35. The van der Waals surface area contributed by atoms with Crippen LogP contribution < -0.4 is 9.46 Å². The number of benzene rings is 1. The maximum atomic E-state index is 12.9. The monoisotopic (exact) mass is 364 g/mol. The molecule has 8 heteroatoms. The molecule has 1 aliphatic rings. The minimum absolute atomic E-state index is 0.558. The van der Waals surface area contributed by atoms with Gasteiger partial charge in [0.05, 0.1) is 7.11 Å². The van der Waals surface area contributed by atoms with E-state index in [9.17, 15) is 8.42 Å². The Morgan fingerprint density at radius 2 is 1.84 bits per heavy atom. The topological polar surface area (TPSA) is 76.5 Å². The highest BCUT2D eigenvalue weighted by atomic mass is 32.2. The van der Waals surface area contributed by atoms with Gasteiger partial charge in [-0.2, -0.15) is 17.4 Å². The number of aryl methyl sites for hydroxylation is 1. The van der Waals surface area contributed by atoms with E-state index in [-0.39, 0.29) is 0 Å². The second-order valence-corrected chi connectivity index (χ2v) is 7.89. The van der Waals surface area contributed by atoms with Gasteiger partial charge < -0.3 is 9.30 Å². The van der Waals surface area contributed by atoms with Crippen LogP contribution in [-0.2, 0) is 17.3 Å². The molecule has 1 atom stereocenters. The summed E-state index contributed by atoms with van der Waals surface area (Å²) in [5.41, 5.74) is 0.815. The summed E-state index contributed by atoms with van der Waals surface area (Å²) >= 11 is 0. The number of piperidine rings is 1. The van der Waals surface area contributed by atoms with Crippen LogP contribution in [0.25, 0.3) is 0 Å². The molecule has 0 aliphatic carbocycles. The van der Waals surface area contributed by atoms with Crippen LogP contribution in [0.5, 0.6) is 5.75 Å². The van der Waals surface area contributed by atoms with Gasteiger partial charge in [0.25, 0.3) is 10.2 Å². The SMILES string of the molecule is COc1ccc(C(NS(=O)(=O)N2CCCCC2)c2nccn2C)cc1. The van der Waals surface area contributed by atoms with Gasteiger partial charge in [-0.05, 0) is 30.5 Å². The van der Waals surface area contributed by atoms with Gasteiger partial charge in [-0.3, -0.25) is 0 Å². The number of nitrogens with zero attached hydrogens (tertiary/aromatic N) is 3. The highest BCUT2D eigenvalue weighted by Crippen LogP contribution is 2.25.